The number of nitrogens with zero attached hydrogens (tertiary/aromatic N) is 4. The van der Waals surface area contributed by atoms with E-state index in [1.165, 1.54) is 16.8 Å². The number of carbonyl (C=O) groups is 1. The van der Waals surface area contributed by atoms with Crippen LogP contribution in [0.2, 0.25) is 0 Å². The van der Waals surface area contributed by atoms with Crippen molar-refractivity contribution in [2.75, 3.05) is 7.05 Å². The van der Waals surface area contributed by atoms with Crippen molar-refractivity contribution in [3.8, 4) is 11.1 Å². The molecule has 1 aromatic carbocycles. The van der Waals surface area contributed by atoms with E-state index >= 15 is 0 Å². The van der Waals surface area contributed by atoms with E-state index in [1.807, 2.05) is 24.4 Å². The van der Waals surface area contributed by atoms with Crippen molar-refractivity contribution in [3.63, 3.8) is 0 Å². The van der Waals surface area contributed by atoms with Crippen LogP contribution in [0.25, 0.3) is 11.1 Å². The summed E-state index contributed by atoms with van der Waals surface area (Å²) in [4.78, 5) is 28.8. The standard InChI is InChI=1S/C23H25N5OS/c1-14(2)15-5-7-16(8-6-15)20-21(29)28(4)22(24)27-23(20,3)19-9-17(12-30-19)18-10-25-13-26-11-18/h5-14,20H,1-4H3,(H2,24,27)/t20-,23-/m1/s1. The molecule has 4 rings (SSSR count). The summed E-state index contributed by atoms with van der Waals surface area (Å²) >= 11 is 1.57. The lowest BCUT2D eigenvalue weighted by Crippen LogP contribution is -2.52. The number of carbonyl (C=O) groups excluding carboxylic acids is 1. The second-order valence-electron chi connectivity index (χ2n) is 8.10. The lowest BCUT2D eigenvalue weighted by molar-refractivity contribution is -0.130. The average Bonchev–Trinajstić information content (AvgIpc) is 3.24. The van der Waals surface area contributed by atoms with Crippen LogP contribution in [0.4, 0.5) is 0 Å². The highest BCUT2D eigenvalue weighted by atomic mass is 32.1. The van der Waals surface area contributed by atoms with Gasteiger partial charge in [0.1, 0.15) is 11.9 Å². The Morgan fingerprint density at radius 1 is 1.13 bits per heavy atom. The number of hydrogen-bond donors (Lipinski definition) is 1. The Bertz CT molecular complexity index is 1090. The lowest BCUT2D eigenvalue weighted by atomic mass is 9.77. The number of guanidine groups is 1. The minimum Gasteiger partial charge on any atom is -0.369 e. The molecule has 2 N–H and O–H groups in total. The molecule has 6 nitrogen and oxygen atoms in total. The van der Waals surface area contributed by atoms with Gasteiger partial charge in [0.2, 0.25) is 5.91 Å². The van der Waals surface area contributed by atoms with Crippen LogP contribution in [-0.2, 0) is 10.3 Å². The summed E-state index contributed by atoms with van der Waals surface area (Å²) in [5.41, 5.74) is 9.45. The molecule has 0 aliphatic carbocycles. The van der Waals surface area contributed by atoms with Gasteiger partial charge in [0, 0.05) is 29.9 Å². The van der Waals surface area contributed by atoms with Gasteiger partial charge in [0.25, 0.3) is 0 Å². The third-order valence-electron chi connectivity index (χ3n) is 5.76. The number of rotatable bonds is 4. The number of benzene rings is 1. The third kappa shape index (κ3) is 3.39. The summed E-state index contributed by atoms with van der Waals surface area (Å²) in [6.45, 7) is 6.30. The maximum Gasteiger partial charge on any atom is 0.239 e. The van der Waals surface area contributed by atoms with Crippen LogP contribution in [0.15, 0.2) is 59.4 Å². The first-order chi connectivity index (χ1) is 14.3. The monoisotopic (exact) mass is 419 g/mol. The molecule has 3 heterocycles. The Morgan fingerprint density at radius 3 is 2.43 bits per heavy atom. The quantitative estimate of drug-likeness (QED) is 0.690. The van der Waals surface area contributed by atoms with Gasteiger partial charge in [-0.15, -0.1) is 11.3 Å². The summed E-state index contributed by atoms with van der Waals surface area (Å²) in [7, 11) is 1.68. The van der Waals surface area contributed by atoms with Crippen molar-refractivity contribution in [2.45, 2.75) is 38.1 Å². The van der Waals surface area contributed by atoms with Crippen molar-refractivity contribution in [1.29, 1.82) is 0 Å². The van der Waals surface area contributed by atoms with Crippen molar-refractivity contribution in [2.24, 2.45) is 10.7 Å². The topological polar surface area (TPSA) is 84.5 Å². The lowest BCUT2D eigenvalue weighted by Gasteiger charge is -2.40. The Kier molecular flexibility index (Phi) is 5.15. The molecule has 0 unspecified atom stereocenters. The zero-order valence-corrected chi connectivity index (χ0v) is 18.4. The first kappa shape index (κ1) is 20.2. The van der Waals surface area contributed by atoms with E-state index < -0.39 is 11.5 Å². The van der Waals surface area contributed by atoms with Crippen LogP contribution in [-0.4, -0.2) is 33.8 Å². The molecule has 0 radical (unpaired) electrons. The molecule has 3 aromatic rings. The van der Waals surface area contributed by atoms with E-state index in [0.29, 0.717) is 5.92 Å². The predicted octanol–water partition coefficient (Wildman–Crippen LogP) is 4.11. The number of aliphatic imine (C=N–C) groups is 1. The summed E-state index contributed by atoms with van der Waals surface area (Å²) in [5, 5.41) is 2.05. The third-order valence-corrected chi connectivity index (χ3v) is 6.92. The zero-order chi connectivity index (χ0) is 21.5. The molecule has 0 fully saturated rings. The van der Waals surface area contributed by atoms with E-state index in [2.05, 4.69) is 42.0 Å². The zero-order valence-electron chi connectivity index (χ0n) is 17.5. The van der Waals surface area contributed by atoms with Gasteiger partial charge in [-0.05, 0) is 41.0 Å². The second kappa shape index (κ2) is 7.65. The Balaban J connectivity index is 1.82. The maximum absolute atomic E-state index is 13.4. The summed E-state index contributed by atoms with van der Waals surface area (Å²) < 4.78 is 0. The molecular weight excluding hydrogens is 394 g/mol. The SMILES string of the molecule is CC(C)c1ccc([C@@H]2C(=O)N(C)C(N)=N[C@]2(C)c2cc(-c3cncnc3)cs2)cc1. The van der Waals surface area contributed by atoms with Crippen LogP contribution in [0.5, 0.6) is 0 Å². The highest BCUT2D eigenvalue weighted by Gasteiger charge is 2.48. The van der Waals surface area contributed by atoms with Gasteiger partial charge >= 0.3 is 0 Å². The van der Waals surface area contributed by atoms with Crippen molar-refractivity contribution in [3.05, 3.63) is 70.4 Å². The van der Waals surface area contributed by atoms with Gasteiger partial charge in [-0.1, -0.05) is 38.1 Å². The Morgan fingerprint density at radius 2 is 1.80 bits per heavy atom. The molecule has 2 atom stereocenters. The average molecular weight is 420 g/mol. The molecule has 0 saturated heterocycles. The fourth-order valence-corrected chi connectivity index (χ4v) is 4.92. The molecule has 1 aliphatic heterocycles. The van der Waals surface area contributed by atoms with Crippen LogP contribution < -0.4 is 5.73 Å². The van der Waals surface area contributed by atoms with Gasteiger partial charge in [0.15, 0.2) is 5.96 Å². The van der Waals surface area contributed by atoms with Crippen LogP contribution in [0, 0.1) is 0 Å². The van der Waals surface area contributed by atoms with E-state index in [9.17, 15) is 4.79 Å². The van der Waals surface area contributed by atoms with E-state index in [4.69, 9.17) is 10.7 Å². The minimum absolute atomic E-state index is 0.0553. The van der Waals surface area contributed by atoms with Crippen LogP contribution >= 0.6 is 11.3 Å². The number of thiophene rings is 1. The highest BCUT2D eigenvalue weighted by Crippen LogP contribution is 2.47. The molecule has 0 bridgehead atoms. The van der Waals surface area contributed by atoms with E-state index in [1.54, 1.807) is 30.8 Å². The number of likely N-dealkylation sites (N-methyl/N-ethyl adjacent to an activating group) is 1. The van der Waals surface area contributed by atoms with Gasteiger partial charge < -0.3 is 5.73 Å². The van der Waals surface area contributed by atoms with Gasteiger partial charge in [0.05, 0.1) is 5.92 Å². The van der Waals surface area contributed by atoms with Crippen LogP contribution in [0.3, 0.4) is 0 Å². The second-order valence-corrected chi connectivity index (χ2v) is 9.01. The Hall–Kier alpha value is -3.06. The number of nitrogens with two attached hydrogens (primary N) is 1. The van der Waals surface area contributed by atoms with Gasteiger partial charge in [-0.3, -0.25) is 9.69 Å². The van der Waals surface area contributed by atoms with Crippen molar-refractivity contribution < 1.29 is 4.79 Å². The summed E-state index contributed by atoms with van der Waals surface area (Å²) in [6, 6.07) is 10.3. The molecule has 0 saturated carbocycles. The van der Waals surface area contributed by atoms with Crippen LogP contribution in [0.1, 0.15) is 48.6 Å². The molecule has 1 amide bonds. The molecule has 2 aromatic heterocycles. The highest BCUT2D eigenvalue weighted by molar-refractivity contribution is 7.10. The smallest absolute Gasteiger partial charge is 0.239 e. The number of hydrogen-bond acceptors (Lipinski definition) is 6. The first-order valence-electron chi connectivity index (χ1n) is 9.88. The molecule has 30 heavy (non-hydrogen) atoms. The molecule has 0 spiro atoms. The molecular formula is C23H25N5OS. The number of aromatic nitrogens is 2. The molecule has 154 valence electrons. The minimum atomic E-state index is -0.800. The van der Waals surface area contributed by atoms with Gasteiger partial charge in [-0.2, -0.15) is 0 Å². The molecule has 1 aliphatic rings. The summed E-state index contributed by atoms with van der Waals surface area (Å²) in [6.07, 6.45) is 5.07. The van der Waals surface area contributed by atoms with Crippen molar-refractivity contribution in [1.82, 2.24) is 14.9 Å². The van der Waals surface area contributed by atoms with E-state index in [-0.39, 0.29) is 11.9 Å². The first-order valence-corrected chi connectivity index (χ1v) is 10.8. The number of amides is 1. The normalized spacial score (nSPS) is 21.8. The predicted molar refractivity (Wildman–Crippen MR) is 120 cm³/mol. The van der Waals surface area contributed by atoms with Gasteiger partial charge in [-0.25, -0.2) is 15.0 Å². The molecule has 7 heteroatoms. The van der Waals surface area contributed by atoms with Crippen molar-refractivity contribution >= 4 is 23.2 Å². The fourth-order valence-electron chi connectivity index (χ4n) is 3.86. The van der Waals surface area contributed by atoms with E-state index in [0.717, 1.165) is 21.6 Å². The fraction of sp³-hybridized carbons (Fsp3) is 0.304. The Labute approximate surface area is 180 Å². The largest absolute Gasteiger partial charge is 0.369 e. The maximum atomic E-state index is 13.4. The summed E-state index contributed by atoms with van der Waals surface area (Å²) in [5.74, 6) is 0.141.